The maximum atomic E-state index is 12.8. The maximum absolute atomic E-state index is 12.8. The van der Waals surface area contributed by atoms with Gasteiger partial charge in [-0.3, -0.25) is 9.69 Å². The van der Waals surface area contributed by atoms with E-state index in [1.165, 1.54) is 11.1 Å². The third-order valence-electron chi connectivity index (χ3n) is 4.80. The number of rotatable bonds is 5. The van der Waals surface area contributed by atoms with Gasteiger partial charge in [0.1, 0.15) is 6.26 Å². The van der Waals surface area contributed by atoms with Gasteiger partial charge in [0.15, 0.2) is 5.89 Å². The van der Waals surface area contributed by atoms with Crippen LogP contribution in [0.5, 0.6) is 0 Å². The summed E-state index contributed by atoms with van der Waals surface area (Å²) >= 11 is 0. The summed E-state index contributed by atoms with van der Waals surface area (Å²) < 4.78 is 5.51. The number of nitrogens with zero attached hydrogens (tertiary/aromatic N) is 3. The molecule has 1 aliphatic rings. The zero-order valence-corrected chi connectivity index (χ0v) is 15.5. The standard InChI is InChI=1S/C20H27N3O2/c1-14(2)19-21-18(13-25-19)12-22-9-10-23(20(24)16(22)4)11-17-7-5-15(3)6-8-17/h5-8,13-14,16H,9-12H2,1-4H3/t16-/m0/s1. The number of aromatic nitrogens is 1. The predicted octanol–water partition coefficient (Wildman–Crippen LogP) is 3.34. The summed E-state index contributed by atoms with van der Waals surface area (Å²) in [5.74, 6) is 1.21. The number of carbonyl (C=O) groups excluding carboxylic acids is 1. The summed E-state index contributed by atoms with van der Waals surface area (Å²) in [6, 6.07) is 8.25. The topological polar surface area (TPSA) is 49.6 Å². The van der Waals surface area contributed by atoms with Crippen molar-refractivity contribution in [1.29, 1.82) is 0 Å². The van der Waals surface area contributed by atoms with Crippen LogP contribution in [0.2, 0.25) is 0 Å². The van der Waals surface area contributed by atoms with E-state index >= 15 is 0 Å². The molecule has 1 aromatic carbocycles. The van der Waals surface area contributed by atoms with Crippen molar-refractivity contribution >= 4 is 5.91 Å². The molecule has 1 fully saturated rings. The average molecular weight is 341 g/mol. The van der Waals surface area contributed by atoms with Crippen LogP contribution in [0.1, 0.15) is 49.4 Å². The van der Waals surface area contributed by atoms with Crippen molar-refractivity contribution in [2.24, 2.45) is 0 Å². The van der Waals surface area contributed by atoms with Crippen molar-refractivity contribution in [3.63, 3.8) is 0 Å². The second-order valence-corrected chi connectivity index (χ2v) is 7.22. The van der Waals surface area contributed by atoms with Crippen LogP contribution < -0.4 is 0 Å². The van der Waals surface area contributed by atoms with E-state index in [1.54, 1.807) is 6.26 Å². The molecule has 134 valence electrons. The molecule has 25 heavy (non-hydrogen) atoms. The molecule has 5 nitrogen and oxygen atoms in total. The summed E-state index contributed by atoms with van der Waals surface area (Å²) in [5.41, 5.74) is 3.31. The minimum Gasteiger partial charge on any atom is -0.448 e. The van der Waals surface area contributed by atoms with E-state index in [2.05, 4.69) is 54.9 Å². The van der Waals surface area contributed by atoms with Gasteiger partial charge in [-0.1, -0.05) is 43.7 Å². The lowest BCUT2D eigenvalue weighted by Gasteiger charge is -2.38. The number of piperazine rings is 1. The lowest BCUT2D eigenvalue weighted by atomic mass is 10.1. The van der Waals surface area contributed by atoms with E-state index in [9.17, 15) is 4.79 Å². The Kier molecular flexibility index (Phi) is 5.23. The maximum Gasteiger partial charge on any atom is 0.239 e. The SMILES string of the molecule is Cc1ccc(CN2CCN(Cc3coc(C(C)C)n3)[C@@H](C)C2=O)cc1. The van der Waals surface area contributed by atoms with Crippen LogP contribution in [0.3, 0.4) is 0 Å². The number of hydrogen-bond acceptors (Lipinski definition) is 4. The van der Waals surface area contributed by atoms with Gasteiger partial charge < -0.3 is 9.32 Å². The van der Waals surface area contributed by atoms with Crippen molar-refractivity contribution < 1.29 is 9.21 Å². The van der Waals surface area contributed by atoms with Crippen molar-refractivity contribution in [3.05, 3.63) is 53.2 Å². The largest absolute Gasteiger partial charge is 0.448 e. The van der Waals surface area contributed by atoms with E-state index in [1.807, 2.05) is 11.8 Å². The van der Waals surface area contributed by atoms with Crippen LogP contribution in [0.4, 0.5) is 0 Å². The van der Waals surface area contributed by atoms with Crippen molar-refractivity contribution in [1.82, 2.24) is 14.8 Å². The Morgan fingerprint density at radius 2 is 1.92 bits per heavy atom. The van der Waals surface area contributed by atoms with E-state index in [0.29, 0.717) is 13.1 Å². The Labute approximate surface area is 149 Å². The van der Waals surface area contributed by atoms with Crippen LogP contribution in [-0.2, 0) is 17.9 Å². The predicted molar refractivity (Wildman–Crippen MR) is 97.1 cm³/mol. The molecular formula is C20H27N3O2. The summed E-state index contributed by atoms with van der Waals surface area (Å²) in [4.78, 5) is 21.4. The van der Waals surface area contributed by atoms with Crippen LogP contribution in [0.15, 0.2) is 34.9 Å². The minimum atomic E-state index is -0.140. The first-order chi connectivity index (χ1) is 11.9. The van der Waals surface area contributed by atoms with E-state index in [0.717, 1.165) is 24.7 Å². The molecule has 0 saturated carbocycles. The third kappa shape index (κ3) is 4.10. The van der Waals surface area contributed by atoms with E-state index in [-0.39, 0.29) is 17.9 Å². The molecule has 1 aliphatic heterocycles. The third-order valence-corrected chi connectivity index (χ3v) is 4.80. The van der Waals surface area contributed by atoms with Gasteiger partial charge in [0, 0.05) is 32.1 Å². The van der Waals surface area contributed by atoms with Crippen molar-refractivity contribution in [2.75, 3.05) is 13.1 Å². The highest BCUT2D eigenvalue weighted by Crippen LogP contribution is 2.19. The first-order valence-electron chi connectivity index (χ1n) is 8.96. The summed E-state index contributed by atoms with van der Waals surface area (Å²) in [6.07, 6.45) is 1.71. The van der Waals surface area contributed by atoms with Crippen LogP contribution in [0, 0.1) is 6.92 Å². The molecule has 0 radical (unpaired) electrons. The second kappa shape index (κ2) is 7.40. The van der Waals surface area contributed by atoms with E-state index in [4.69, 9.17) is 4.42 Å². The first-order valence-corrected chi connectivity index (χ1v) is 8.96. The zero-order valence-electron chi connectivity index (χ0n) is 15.5. The molecule has 0 spiro atoms. The van der Waals surface area contributed by atoms with Gasteiger partial charge in [0.2, 0.25) is 5.91 Å². The summed E-state index contributed by atoms with van der Waals surface area (Å²) in [5, 5.41) is 0. The number of carbonyl (C=O) groups is 1. The normalized spacial score (nSPS) is 19.0. The van der Waals surface area contributed by atoms with Gasteiger partial charge in [-0.15, -0.1) is 0 Å². The van der Waals surface area contributed by atoms with Crippen molar-refractivity contribution in [3.8, 4) is 0 Å². The molecule has 0 bridgehead atoms. The highest BCUT2D eigenvalue weighted by Gasteiger charge is 2.31. The first kappa shape index (κ1) is 17.7. The highest BCUT2D eigenvalue weighted by atomic mass is 16.3. The number of hydrogen-bond donors (Lipinski definition) is 0. The van der Waals surface area contributed by atoms with Crippen LogP contribution in [0.25, 0.3) is 0 Å². The van der Waals surface area contributed by atoms with Gasteiger partial charge in [0.25, 0.3) is 0 Å². The molecule has 2 aromatic rings. The fourth-order valence-electron chi connectivity index (χ4n) is 3.13. The molecule has 0 aliphatic carbocycles. The molecule has 1 saturated heterocycles. The lowest BCUT2D eigenvalue weighted by molar-refractivity contribution is -0.142. The summed E-state index contributed by atoms with van der Waals surface area (Å²) in [7, 11) is 0. The van der Waals surface area contributed by atoms with Gasteiger partial charge in [-0.05, 0) is 19.4 Å². The highest BCUT2D eigenvalue weighted by molar-refractivity contribution is 5.82. The molecular weight excluding hydrogens is 314 g/mol. The molecule has 0 N–H and O–H groups in total. The Morgan fingerprint density at radius 1 is 1.20 bits per heavy atom. The summed E-state index contributed by atoms with van der Waals surface area (Å²) in [6.45, 7) is 11.1. The number of oxazole rings is 1. The second-order valence-electron chi connectivity index (χ2n) is 7.22. The molecule has 1 amide bonds. The lowest BCUT2D eigenvalue weighted by Crippen LogP contribution is -2.54. The Bertz CT molecular complexity index is 721. The van der Waals surface area contributed by atoms with Gasteiger partial charge in [0.05, 0.1) is 11.7 Å². The van der Waals surface area contributed by atoms with Gasteiger partial charge in [-0.2, -0.15) is 0 Å². The Balaban J connectivity index is 1.61. The zero-order chi connectivity index (χ0) is 18.0. The number of aryl methyl sites for hydroxylation is 1. The fraction of sp³-hybridized carbons (Fsp3) is 0.500. The molecule has 1 atom stereocenters. The molecule has 5 heteroatoms. The monoisotopic (exact) mass is 341 g/mol. The van der Waals surface area contributed by atoms with Crippen LogP contribution in [-0.4, -0.2) is 39.8 Å². The smallest absolute Gasteiger partial charge is 0.239 e. The number of benzene rings is 1. The molecule has 3 rings (SSSR count). The quantitative estimate of drug-likeness (QED) is 0.837. The van der Waals surface area contributed by atoms with Gasteiger partial charge >= 0.3 is 0 Å². The Hall–Kier alpha value is -2.14. The number of amides is 1. The van der Waals surface area contributed by atoms with Gasteiger partial charge in [-0.25, -0.2) is 4.98 Å². The fourth-order valence-corrected chi connectivity index (χ4v) is 3.13. The van der Waals surface area contributed by atoms with Crippen molar-refractivity contribution in [2.45, 2.75) is 52.7 Å². The Morgan fingerprint density at radius 3 is 2.56 bits per heavy atom. The van der Waals surface area contributed by atoms with Crippen LogP contribution >= 0.6 is 0 Å². The molecule has 2 heterocycles. The van der Waals surface area contributed by atoms with E-state index < -0.39 is 0 Å². The minimum absolute atomic E-state index is 0.140. The molecule has 1 aromatic heterocycles. The average Bonchev–Trinajstić information content (AvgIpc) is 3.05. The molecule has 0 unspecified atom stereocenters.